The van der Waals surface area contributed by atoms with Crippen molar-refractivity contribution in [3.8, 4) is 0 Å². The van der Waals surface area contributed by atoms with Crippen LogP contribution in [0.25, 0.3) is 0 Å². The highest BCUT2D eigenvalue weighted by atomic mass is 19.1. The first-order valence-corrected chi connectivity index (χ1v) is 14.4. The molecule has 4 aliphatic rings. The van der Waals surface area contributed by atoms with Crippen LogP contribution in [0, 0.1) is 11.7 Å². The van der Waals surface area contributed by atoms with E-state index in [0.29, 0.717) is 63.3 Å². The van der Waals surface area contributed by atoms with Gasteiger partial charge in [-0.15, -0.1) is 0 Å². The van der Waals surface area contributed by atoms with Crippen LogP contribution in [0.2, 0.25) is 0 Å². The lowest BCUT2D eigenvalue weighted by atomic mass is 9.93. The fourth-order valence-electron chi connectivity index (χ4n) is 6.79. The third kappa shape index (κ3) is 4.96. The number of imide groups is 1. The second-order valence-electron chi connectivity index (χ2n) is 12.0. The molecule has 3 fully saturated rings. The number of hydrogen-bond donors (Lipinski definition) is 0. The van der Waals surface area contributed by atoms with Crippen LogP contribution in [0.1, 0.15) is 60.2 Å². The molecule has 0 N–H and O–H groups in total. The largest absolute Gasteiger partial charge is 0.375 e. The van der Waals surface area contributed by atoms with E-state index in [1.54, 1.807) is 18.2 Å². The number of benzene rings is 2. The fourth-order valence-corrected chi connectivity index (χ4v) is 6.79. The molecule has 6 rings (SSSR count). The summed E-state index contributed by atoms with van der Waals surface area (Å²) in [5.74, 6) is -0.738. The van der Waals surface area contributed by atoms with Crippen molar-refractivity contribution in [2.45, 2.75) is 51.2 Å². The highest BCUT2D eigenvalue weighted by Crippen LogP contribution is 2.38. The zero-order valence-corrected chi connectivity index (χ0v) is 23.3. The molecule has 212 valence electrons. The molecule has 2 aromatic rings. The molecular weight excluding hydrogens is 511 g/mol. The third-order valence-electron chi connectivity index (χ3n) is 8.86. The molecule has 0 aromatic heterocycles. The van der Waals surface area contributed by atoms with Gasteiger partial charge < -0.3 is 19.4 Å². The van der Waals surface area contributed by atoms with Gasteiger partial charge in [0.2, 0.25) is 5.91 Å². The van der Waals surface area contributed by atoms with Crippen molar-refractivity contribution < 1.29 is 23.5 Å². The molecule has 4 aliphatic heterocycles. The van der Waals surface area contributed by atoms with Crippen LogP contribution >= 0.6 is 0 Å². The summed E-state index contributed by atoms with van der Waals surface area (Å²) in [6.45, 7) is 8.43. The van der Waals surface area contributed by atoms with Crippen LogP contribution in [0.5, 0.6) is 0 Å². The number of piperidine rings is 1. The zero-order valence-electron chi connectivity index (χ0n) is 23.3. The van der Waals surface area contributed by atoms with E-state index in [1.165, 1.54) is 17.0 Å². The molecule has 40 heavy (non-hydrogen) atoms. The molecule has 3 amide bonds. The monoisotopic (exact) mass is 548 g/mol. The number of hydrogen-bond acceptors (Lipinski definition) is 6. The first-order valence-electron chi connectivity index (χ1n) is 14.4. The van der Waals surface area contributed by atoms with Gasteiger partial charge in [0, 0.05) is 57.6 Å². The summed E-state index contributed by atoms with van der Waals surface area (Å²) in [6, 6.07) is 11.8. The molecule has 0 saturated carbocycles. The van der Waals surface area contributed by atoms with Crippen LogP contribution < -0.4 is 9.80 Å². The molecule has 3 saturated heterocycles. The number of piperazine rings is 1. The first-order chi connectivity index (χ1) is 19.2. The van der Waals surface area contributed by atoms with E-state index in [9.17, 15) is 18.8 Å². The molecule has 0 spiro atoms. The highest BCUT2D eigenvalue weighted by molar-refractivity contribution is 6.24. The van der Waals surface area contributed by atoms with Gasteiger partial charge in [0.15, 0.2) is 0 Å². The zero-order chi connectivity index (χ0) is 28.0. The summed E-state index contributed by atoms with van der Waals surface area (Å²) in [6.07, 6.45) is 2.90. The molecule has 2 atom stereocenters. The molecule has 4 heterocycles. The number of amides is 3. The standard InChI is InChI=1S/C31H37FN4O4/c1-31(2)19-24(12-18-40-31)36-29(38)25-6-3-7-26(27(25)30(36)39)35-13-4-5-21(20-35)28(37)34-16-14-33(15-17-34)23-10-8-22(32)9-11-23/h3,6-11,21,24H,4-5,12-20H2,1-2H3/t21-,24-/m0/s1. The van der Waals surface area contributed by atoms with Crippen molar-refractivity contribution in [1.29, 1.82) is 0 Å². The summed E-state index contributed by atoms with van der Waals surface area (Å²) in [4.78, 5) is 48.5. The lowest BCUT2D eigenvalue weighted by Gasteiger charge is -2.40. The molecule has 8 nitrogen and oxygen atoms in total. The number of fused-ring (bicyclic) bond motifs is 1. The quantitative estimate of drug-likeness (QED) is 0.539. The van der Waals surface area contributed by atoms with Crippen LogP contribution in [0.3, 0.4) is 0 Å². The van der Waals surface area contributed by atoms with E-state index in [0.717, 1.165) is 30.8 Å². The van der Waals surface area contributed by atoms with Gasteiger partial charge in [0.25, 0.3) is 11.8 Å². The van der Waals surface area contributed by atoms with Gasteiger partial charge in [-0.3, -0.25) is 19.3 Å². The summed E-state index contributed by atoms with van der Waals surface area (Å²) in [5, 5.41) is 0. The maximum Gasteiger partial charge on any atom is 0.263 e. The van der Waals surface area contributed by atoms with Crippen LogP contribution in [0.15, 0.2) is 42.5 Å². The van der Waals surface area contributed by atoms with Gasteiger partial charge in [-0.1, -0.05) is 6.07 Å². The van der Waals surface area contributed by atoms with Crippen molar-refractivity contribution in [1.82, 2.24) is 9.80 Å². The lowest BCUT2D eigenvalue weighted by Crippen LogP contribution is -2.52. The second-order valence-corrected chi connectivity index (χ2v) is 12.0. The Hall–Kier alpha value is -3.46. The van der Waals surface area contributed by atoms with E-state index >= 15 is 0 Å². The Labute approximate surface area is 234 Å². The maximum atomic E-state index is 13.7. The number of carbonyl (C=O) groups is 3. The Balaban J connectivity index is 1.14. The minimum atomic E-state index is -0.383. The molecule has 0 bridgehead atoms. The van der Waals surface area contributed by atoms with Crippen molar-refractivity contribution in [2.24, 2.45) is 5.92 Å². The van der Waals surface area contributed by atoms with Gasteiger partial charge >= 0.3 is 0 Å². The predicted octanol–water partition coefficient (Wildman–Crippen LogP) is 3.94. The average Bonchev–Trinajstić information content (AvgIpc) is 3.22. The SMILES string of the molecule is CC1(C)C[C@@H](N2C(=O)c3cccc(N4CCC[C@H](C(=O)N5CCN(c6ccc(F)cc6)CC5)C4)c3C2=O)CCO1. The number of rotatable bonds is 4. The third-order valence-corrected chi connectivity index (χ3v) is 8.86. The summed E-state index contributed by atoms with van der Waals surface area (Å²) >= 11 is 0. The van der Waals surface area contributed by atoms with Crippen molar-refractivity contribution in [3.05, 3.63) is 59.4 Å². The van der Waals surface area contributed by atoms with Crippen LogP contribution in [-0.4, -0.2) is 85.0 Å². The Morgan fingerprint density at radius 2 is 1.68 bits per heavy atom. The number of ether oxygens (including phenoxy) is 1. The molecular formula is C31H37FN4O4. The number of carbonyl (C=O) groups excluding carboxylic acids is 3. The number of halogens is 1. The number of anilines is 2. The minimum absolute atomic E-state index is 0.143. The second kappa shape index (κ2) is 10.5. The van der Waals surface area contributed by atoms with Gasteiger partial charge in [-0.25, -0.2) is 4.39 Å². The molecule has 0 aliphatic carbocycles. The lowest BCUT2D eigenvalue weighted by molar-refractivity contribution is -0.136. The fraction of sp³-hybridized carbons (Fsp3) is 0.516. The minimum Gasteiger partial charge on any atom is -0.375 e. The first kappa shape index (κ1) is 26.7. The molecule has 9 heteroatoms. The van der Waals surface area contributed by atoms with Gasteiger partial charge in [0.05, 0.1) is 28.3 Å². The van der Waals surface area contributed by atoms with E-state index < -0.39 is 0 Å². The van der Waals surface area contributed by atoms with Crippen molar-refractivity contribution in [3.63, 3.8) is 0 Å². The van der Waals surface area contributed by atoms with Gasteiger partial charge in [-0.05, 0) is 75.9 Å². The van der Waals surface area contributed by atoms with Crippen molar-refractivity contribution >= 4 is 29.1 Å². The van der Waals surface area contributed by atoms with E-state index in [2.05, 4.69) is 9.80 Å². The molecule has 0 unspecified atom stereocenters. The van der Waals surface area contributed by atoms with Gasteiger partial charge in [0.1, 0.15) is 5.82 Å². The molecule has 2 aromatic carbocycles. The summed E-state index contributed by atoms with van der Waals surface area (Å²) in [7, 11) is 0. The van der Waals surface area contributed by atoms with Gasteiger partial charge in [-0.2, -0.15) is 0 Å². The molecule has 0 radical (unpaired) electrons. The predicted molar refractivity (Wildman–Crippen MR) is 150 cm³/mol. The summed E-state index contributed by atoms with van der Waals surface area (Å²) in [5.41, 5.74) is 2.26. The highest BCUT2D eigenvalue weighted by Gasteiger charge is 2.45. The van der Waals surface area contributed by atoms with E-state index in [1.807, 2.05) is 30.9 Å². The normalized spacial score (nSPS) is 24.9. The van der Waals surface area contributed by atoms with E-state index in [-0.39, 0.29) is 41.1 Å². The smallest absolute Gasteiger partial charge is 0.263 e. The van der Waals surface area contributed by atoms with Crippen LogP contribution in [0.4, 0.5) is 15.8 Å². The number of nitrogens with zero attached hydrogens (tertiary/aromatic N) is 4. The Bertz CT molecular complexity index is 1300. The van der Waals surface area contributed by atoms with Crippen LogP contribution in [-0.2, 0) is 9.53 Å². The maximum absolute atomic E-state index is 13.7. The summed E-state index contributed by atoms with van der Waals surface area (Å²) < 4.78 is 19.1. The topological polar surface area (TPSA) is 73.4 Å². The Morgan fingerprint density at radius 3 is 2.40 bits per heavy atom. The Kier molecular flexibility index (Phi) is 7.02. The Morgan fingerprint density at radius 1 is 0.925 bits per heavy atom. The van der Waals surface area contributed by atoms with E-state index in [4.69, 9.17) is 4.74 Å². The average molecular weight is 549 g/mol. The van der Waals surface area contributed by atoms with Crippen molar-refractivity contribution in [2.75, 3.05) is 55.7 Å².